The number of piperidine rings is 1. The van der Waals surface area contributed by atoms with Gasteiger partial charge < -0.3 is 20.9 Å². The first-order valence-corrected chi connectivity index (χ1v) is 11.8. The number of Topliss-reactive ketones (excluding diaryl/α,β-unsaturated/α-hetero) is 1. The lowest BCUT2D eigenvalue weighted by atomic mass is 9.92. The Morgan fingerprint density at radius 1 is 1.14 bits per heavy atom. The summed E-state index contributed by atoms with van der Waals surface area (Å²) in [6, 6.07) is 8.04. The highest BCUT2D eigenvalue weighted by Crippen LogP contribution is 2.25. The van der Waals surface area contributed by atoms with Crippen molar-refractivity contribution in [2.24, 2.45) is 24.4 Å². The van der Waals surface area contributed by atoms with Crippen LogP contribution in [0, 0.1) is 5.92 Å². The normalized spacial score (nSPS) is 17.8. The minimum absolute atomic E-state index is 0.219. The number of ketones is 1. The third-order valence-corrected chi connectivity index (χ3v) is 6.60. The van der Waals surface area contributed by atoms with E-state index < -0.39 is 29.1 Å². The van der Waals surface area contributed by atoms with Gasteiger partial charge in [-0.05, 0) is 20.3 Å². The van der Waals surface area contributed by atoms with Gasteiger partial charge in [0, 0.05) is 38.3 Å². The van der Waals surface area contributed by atoms with E-state index >= 15 is 0 Å². The van der Waals surface area contributed by atoms with Crippen LogP contribution in [-0.4, -0.2) is 49.5 Å². The number of aryl methyl sites for hydroxylation is 1. The standard InChI is InChI=1S/C25H31N7O4/c1-15(2)9-12-31-20-22(28-24(31)30-11-10-17(21(27)34)18(26)13-30)29(3)25(36)32(23(20)35)14-19(33)16-7-5-4-6-8-16/h4-9,17-18H,10-14,26H2,1-3H3,(H2,27,34). The molecule has 2 unspecified atom stereocenters. The Bertz CT molecular complexity index is 1460. The Balaban J connectivity index is 1.85. The van der Waals surface area contributed by atoms with Gasteiger partial charge in [-0.25, -0.2) is 4.79 Å². The molecule has 11 heteroatoms. The van der Waals surface area contributed by atoms with Crippen molar-refractivity contribution in [3.8, 4) is 0 Å². The topological polar surface area (TPSA) is 151 Å². The van der Waals surface area contributed by atoms with Gasteiger partial charge in [0.2, 0.25) is 11.9 Å². The smallest absolute Gasteiger partial charge is 0.332 e. The molecule has 1 amide bonds. The van der Waals surface area contributed by atoms with Gasteiger partial charge in [-0.2, -0.15) is 4.98 Å². The third-order valence-electron chi connectivity index (χ3n) is 6.60. The summed E-state index contributed by atoms with van der Waals surface area (Å²) in [5, 5.41) is 0. The van der Waals surface area contributed by atoms with Crippen molar-refractivity contribution in [1.82, 2.24) is 18.7 Å². The van der Waals surface area contributed by atoms with Gasteiger partial charge in [0.15, 0.2) is 16.9 Å². The lowest BCUT2D eigenvalue weighted by Gasteiger charge is -2.35. The Kier molecular flexibility index (Phi) is 6.93. The van der Waals surface area contributed by atoms with Crippen LogP contribution in [0.1, 0.15) is 30.6 Å². The summed E-state index contributed by atoms with van der Waals surface area (Å²) in [6.07, 6.45) is 2.40. The number of anilines is 1. The van der Waals surface area contributed by atoms with Crippen molar-refractivity contribution in [1.29, 1.82) is 0 Å². The van der Waals surface area contributed by atoms with E-state index in [1.165, 1.54) is 11.6 Å². The van der Waals surface area contributed by atoms with E-state index in [1.807, 2.05) is 24.8 Å². The molecule has 1 aliphatic heterocycles. The van der Waals surface area contributed by atoms with Crippen molar-refractivity contribution >= 4 is 28.8 Å². The van der Waals surface area contributed by atoms with E-state index in [0.29, 0.717) is 37.6 Å². The minimum atomic E-state index is -0.626. The molecule has 1 aromatic carbocycles. The summed E-state index contributed by atoms with van der Waals surface area (Å²) in [4.78, 5) is 57.9. The van der Waals surface area contributed by atoms with Crippen LogP contribution < -0.4 is 27.6 Å². The van der Waals surface area contributed by atoms with E-state index in [-0.39, 0.29) is 23.5 Å². The zero-order valence-corrected chi connectivity index (χ0v) is 20.7. The third kappa shape index (κ3) is 4.61. The minimum Gasteiger partial charge on any atom is -0.369 e. The van der Waals surface area contributed by atoms with Crippen LogP contribution in [0.5, 0.6) is 0 Å². The molecule has 1 saturated heterocycles. The molecular weight excluding hydrogens is 462 g/mol. The number of fused-ring (bicyclic) bond motifs is 1. The molecular formula is C25H31N7O4. The second-order valence-corrected chi connectivity index (χ2v) is 9.41. The highest BCUT2D eigenvalue weighted by molar-refractivity contribution is 5.96. The van der Waals surface area contributed by atoms with Crippen molar-refractivity contribution in [2.45, 2.75) is 39.4 Å². The number of amides is 1. The number of imidazole rings is 1. The van der Waals surface area contributed by atoms with Crippen LogP contribution in [0.15, 0.2) is 51.6 Å². The van der Waals surface area contributed by atoms with Crippen LogP contribution in [0.25, 0.3) is 11.2 Å². The van der Waals surface area contributed by atoms with Crippen molar-refractivity contribution in [3.63, 3.8) is 0 Å². The molecule has 4 N–H and O–H groups in total. The molecule has 0 aliphatic carbocycles. The van der Waals surface area contributed by atoms with Gasteiger partial charge >= 0.3 is 5.69 Å². The van der Waals surface area contributed by atoms with Crippen LogP contribution in [-0.2, 0) is 24.9 Å². The number of nitrogens with zero attached hydrogens (tertiary/aromatic N) is 5. The molecule has 3 heterocycles. The summed E-state index contributed by atoms with van der Waals surface area (Å²) in [5.74, 6) is -0.750. The SMILES string of the molecule is CC(C)=CCn1c(N2CCC(C(N)=O)C(N)C2)nc2c1c(=O)n(CC(=O)c1ccccc1)c(=O)n2C. The van der Waals surface area contributed by atoms with Gasteiger partial charge in [-0.15, -0.1) is 0 Å². The number of allylic oxidation sites excluding steroid dienone is 2. The molecule has 0 bridgehead atoms. The van der Waals surface area contributed by atoms with Crippen LogP contribution in [0.2, 0.25) is 0 Å². The van der Waals surface area contributed by atoms with E-state index in [0.717, 1.165) is 10.1 Å². The van der Waals surface area contributed by atoms with Crippen molar-refractivity contribution in [2.75, 3.05) is 18.0 Å². The maximum Gasteiger partial charge on any atom is 0.332 e. The highest BCUT2D eigenvalue weighted by atomic mass is 16.2. The number of aromatic nitrogens is 4. The summed E-state index contributed by atoms with van der Waals surface area (Å²) < 4.78 is 3.98. The quantitative estimate of drug-likeness (QED) is 0.357. The number of nitrogens with two attached hydrogens (primary N) is 2. The Morgan fingerprint density at radius 3 is 2.44 bits per heavy atom. The second-order valence-electron chi connectivity index (χ2n) is 9.41. The molecule has 1 aliphatic rings. The van der Waals surface area contributed by atoms with Crippen LogP contribution >= 0.6 is 0 Å². The van der Waals surface area contributed by atoms with E-state index in [4.69, 9.17) is 11.5 Å². The van der Waals surface area contributed by atoms with Gasteiger partial charge in [0.05, 0.1) is 12.5 Å². The maximum absolute atomic E-state index is 13.6. The zero-order valence-electron chi connectivity index (χ0n) is 20.7. The molecule has 36 heavy (non-hydrogen) atoms. The first-order chi connectivity index (χ1) is 17.1. The fourth-order valence-electron chi connectivity index (χ4n) is 4.56. The van der Waals surface area contributed by atoms with E-state index in [9.17, 15) is 19.2 Å². The van der Waals surface area contributed by atoms with Gasteiger partial charge in [-0.3, -0.25) is 23.5 Å². The number of hydrogen-bond donors (Lipinski definition) is 2. The van der Waals surface area contributed by atoms with E-state index in [1.54, 1.807) is 34.9 Å². The molecule has 1 fully saturated rings. The van der Waals surface area contributed by atoms with Crippen molar-refractivity contribution < 1.29 is 9.59 Å². The fourth-order valence-corrected chi connectivity index (χ4v) is 4.56. The predicted octanol–water partition coefficient (Wildman–Crippen LogP) is 0.385. The molecule has 3 aromatic rings. The Morgan fingerprint density at radius 2 is 1.83 bits per heavy atom. The monoisotopic (exact) mass is 493 g/mol. The Hall–Kier alpha value is -3.99. The predicted molar refractivity (Wildman–Crippen MR) is 137 cm³/mol. The van der Waals surface area contributed by atoms with Crippen LogP contribution in [0.3, 0.4) is 0 Å². The summed E-state index contributed by atoms with van der Waals surface area (Å²) in [6.45, 7) is 4.62. The molecule has 0 spiro atoms. The summed E-state index contributed by atoms with van der Waals surface area (Å²) in [5.41, 5.74) is 12.4. The first-order valence-electron chi connectivity index (χ1n) is 11.8. The van der Waals surface area contributed by atoms with Gasteiger partial charge in [0.1, 0.15) is 0 Å². The number of primary amides is 1. The van der Waals surface area contributed by atoms with Gasteiger partial charge in [-0.1, -0.05) is 42.0 Å². The maximum atomic E-state index is 13.6. The van der Waals surface area contributed by atoms with Crippen LogP contribution in [0.4, 0.5) is 5.95 Å². The zero-order chi connectivity index (χ0) is 26.1. The molecule has 2 aromatic heterocycles. The highest BCUT2D eigenvalue weighted by Gasteiger charge is 2.33. The number of hydrogen-bond acceptors (Lipinski definition) is 7. The van der Waals surface area contributed by atoms with E-state index in [2.05, 4.69) is 4.98 Å². The van der Waals surface area contributed by atoms with Crippen molar-refractivity contribution in [3.05, 3.63) is 68.4 Å². The lowest BCUT2D eigenvalue weighted by Crippen LogP contribution is -2.53. The largest absolute Gasteiger partial charge is 0.369 e. The number of benzene rings is 1. The number of rotatable bonds is 7. The lowest BCUT2D eigenvalue weighted by molar-refractivity contribution is -0.122. The molecule has 0 saturated carbocycles. The average Bonchev–Trinajstić information content (AvgIpc) is 3.24. The number of carbonyl (C=O) groups is 2. The molecule has 11 nitrogen and oxygen atoms in total. The second kappa shape index (κ2) is 9.94. The molecule has 190 valence electrons. The average molecular weight is 494 g/mol. The molecule has 2 atom stereocenters. The van der Waals surface area contributed by atoms with Gasteiger partial charge in [0.25, 0.3) is 5.56 Å². The fraction of sp³-hybridized carbons (Fsp3) is 0.400. The summed E-state index contributed by atoms with van der Waals surface area (Å²) in [7, 11) is 1.53. The number of carbonyl (C=O) groups excluding carboxylic acids is 2. The summed E-state index contributed by atoms with van der Waals surface area (Å²) >= 11 is 0. The first kappa shape index (κ1) is 25.1. The molecule has 0 radical (unpaired) electrons. The molecule has 4 rings (SSSR count). The Labute approximate surface area is 207 Å².